The highest BCUT2D eigenvalue weighted by molar-refractivity contribution is 4.86. The molecule has 3 nitrogen and oxygen atoms in total. The van der Waals surface area contributed by atoms with Gasteiger partial charge in [0.05, 0.1) is 6.10 Å². The van der Waals surface area contributed by atoms with Crippen molar-refractivity contribution in [3.05, 3.63) is 0 Å². The minimum atomic E-state index is 0.489. The topological polar surface area (TPSA) is 24.5 Å². The van der Waals surface area contributed by atoms with Gasteiger partial charge in [0.1, 0.15) is 0 Å². The van der Waals surface area contributed by atoms with Crippen molar-refractivity contribution in [1.29, 1.82) is 0 Å². The second kappa shape index (κ2) is 9.12. The summed E-state index contributed by atoms with van der Waals surface area (Å²) in [5.41, 5.74) is 0. The van der Waals surface area contributed by atoms with Crippen LogP contribution in [0.25, 0.3) is 0 Å². The number of ether oxygens (including phenoxy) is 1. The minimum absolute atomic E-state index is 0.489. The van der Waals surface area contributed by atoms with Gasteiger partial charge < -0.3 is 15.0 Å². The molecule has 2 aliphatic rings. The molecule has 0 spiro atoms. The Bertz CT molecular complexity index is 278. The number of nitrogens with zero attached hydrogens (tertiary/aromatic N) is 1. The lowest BCUT2D eigenvalue weighted by Gasteiger charge is -2.39. The number of likely N-dealkylation sites (N-methyl/N-ethyl adjacent to an activating group) is 1. The highest BCUT2D eigenvalue weighted by atomic mass is 16.5. The molecule has 0 aromatic rings. The van der Waals surface area contributed by atoms with E-state index in [-0.39, 0.29) is 0 Å². The normalized spacial score (nSPS) is 33.7. The molecule has 4 unspecified atom stereocenters. The number of nitrogens with one attached hydrogen (secondary N) is 1. The van der Waals surface area contributed by atoms with E-state index in [1.54, 1.807) is 0 Å². The Morgan fingerprint density at radius 2 is 2.00 bits per heavy atom. The van der Waals surface area contributed by atoms with Crippen LogP contribution in [0.1, 0.15) is 58.8 Å². The molecule has 2 fully saturated rings. The molecule has 0 aromatic heterocycles. The van der Waals surface area contributed by atoms with E-state index in [2.05, 4.69) is 31.1 Å². The highest BCUT2D eigenvalue weighted by Gasteiger charge is 2.30. The summed E-state index contributed by atoms with van der Waals surface area (Å²) in [5, 5.41) is 3.81. The van der Waals surface area contributed by atoms with Crippen LogP contribution in [0.4, 0.5) is 0 Å². The van der Waals surface area contributed by atoms with E-state index in [1.807, 2.05) is 0 Å². The molecule has 1 heterocycles. The molecule has 0 aromatic carbocycles. The summed E-state index contributed by atoms with van der Waals surface area (Å²) >= 11 is 0. The standard InChI is InChI=1S/C18H36N2O/c1-4-10-19-18-9-8-15(5-2)12-16(18)13-20(3)14-17-7-6-11-21-17/h15-19H,4-14H2,1-3H3. The predicted molar refractivity (Wildman–Crippen MR) is 89.7 cm³/mol. The summed E-state index contributed by atoms with van der Waals surface area (Å²) in [6.45, 7) is 9.13. The van der Waals surface area contributed by atoms with Gasteiger partial charge in [-0.1, -0.05) is 20.3 Å². The quantitative estimate of drug-likeness (QED) is 0.744. The third kappa shape index (κ3) is 5.54. The zero-order valence-corrected chi connectivity index (χ0v) is 14.4. The van der Waals surface area contributed by atoms with Crippen molar-refractivity contribution in [2.75, 3.05) is 33.3 Å². The molecule has 0 amide bonds. The average molecular weight is 296 g/mol. The van der Waals surface area contributed by atoms with Crippen molar-refractivity contribution < 1.29 is 4.74 Å². The van der Waals surface area contributed by atoms with E-state index in [4.69, 9.17) is 4.74 Å². The molecule has 1 aliphatic heterocycles. The van der Waals surface area contributed by atoms with Crippen LogP contribution in [0.15, 0.2) is 0 Å². The Labute approximate surface area is 131 Å². The maximum Gasteiger partial charge on any atom is 0.0702 e. The van der Waals surface area contributed by atoms with Gasteiger partial charge in [0, 0.05) is 25.7 Å². The Morgan fingerprint density at radius 3 is 2.67 bits per heavy atom. The molecule has 21 heavy (non-hydrogen) atoms. The van der Waals surface area contributed by atoms with Crippen LogP contribution in [-0.4, -0.2) is 50.3 Å². The zero-order chi connectivity index (χ0) is 15.1. The van der Waals surface area contributed by atoms with Gasteiger partial charge in [0.15, 0.2) is 0 Å². The van der Waals surface area contributed by atoms with E-state index in [0.29, 0.717) is 6.10 Å². The van der Waals surface area contributed by atoms with Crippen LogP contribution in [0.2, 0.25) is 0 Å². The van der Waals surface area contributed by atoms with E-state index in [0.717, 1.165) is 31.0 Å². The highest BCUT2D eigenvalue weighted by Crippen LogP contribution is 2.32. The molecular weight excluding hydrogens is 260 g/mol. The van der Waals surface area contributed by atoms with Gasteiger partial charge >= 0.3 is 0 Å². The van der Waals surface area contributed by atoms with E-state index >= 15 is 0 Å². The Kier molecular flexibility index (Phi) is 7.48. The van der Waals surface area contributed by atoms with Gasteiger partial charge in [-0.25, -0.2) is 0 Å². The van der Waals surface area contributed by atoms with Gasteiger partial charge in [0.25, 0.3) is 0 Å². The van der Waals surface area contributed by atoms with Crippen LogP contribution in [-0.2, 0) is 4.74 Å². The second-order valence-corrected chi connectivity index (χ2v) is 7.26. The molecular formula is C18H36N2O. The summed E-state index contributed by atoms with van der Waals surface area (Å²) in [6.07, 6.45) is 9.79. The first-order valence-electron chi connectivity index (χ1n) is 9.26. The Morgan fingerprint density at radius 1 is 1.14 bits per heavy atom. The van der Waals surface area contributed by atoms with Crippen LogP contribution in [0, 0.1) is 11.8 Å². The Hall–Kier alpha value is -0.120. The van der Waals surface area contributed by atoms with Crippen molar-refractivity contribution in [3.63, 3.8) is 0 Å². The van der Waals surface area contributed by atoms with E-state index < -0.39 is 0 Å². The second-order valence-electron chi connectivity index (χ2n) is 7.26. The lowest BCUT2D eigenvalue weighted by Crippen LogP contribution is -2.46. The first-order valence-corrected chi connectivity index (χ1v) is 9.26. The van der Waals surface area contributed by atoms with Gasteiger partial charge in [-0.15, -0.1) is 0 Å². The third-order valence-electron chi connectivity index (χ3n) is 5.41. The molecule has 1 saturated carbocycles. The smallest absolute Gasteiger partial charge is 0.0702 e. The summed E-state index contributed by atoms with van der Waals surface area (Å²) in [6, 6.07) is 0.736. The van der Waals surface area contributed by atoms with Crippen molar-refractivity contribution in [2.45, 2.75) is 70.9 Å². The SMILES string of the molecule is CCCNC1CCC(CC)CC1CN(C)CC1CCCO1. The molecule has 2 rings (SSSR count). The maximum atomic E-state index is 5.79. The van der Waals surface area contributed by atoms with Crippen LogP contribution in [0.3, 0.4) is 0 Å². The fourth-order valence-corrected chi connectivity index (χ4v) is 4.14. The van der Waals surface area contributed by atoms with Crippen LogP contribution < -0.4 is 5.32 Å². The molecule has 0 bridgehead atoms. The van der Waals surface area contributed by atoms with Crippen molar-refractivity contribution in [3.8, 4) is 0 Å². The predicted octanol–water partition coefficient (Wildman–Crippen LogP) is 3.29. The maximum absolute atomic E-state index is 5.79. The molecule has 4 atom stereocenters. The fraction of sp³-hybridized carbons (Fsp3) is 1.00. The minimum Gasteiger partial charge on any atom is -0.377 e. The lowest BCUT2D eigenvalue weighted by molar-refractivity contribution is 0.0673. The number of hydrogen-bond donors (Lipinski definition) is 1. The van der Waals surface area contributed by atoms with Gasteiger partial charge in [-0.2, -0.15) is 0 Å². The van der Waals surface area contributed by atoms with Crippen molar-refractivity contribution >= 4 is 0 Å². The molecule has 124 valence electrons. The monoisotopic (exact) mass is 296 g/mol. The summed E-state index contributed by atoms with van der Waals surface area (Å²) in [5.74, 6) is 1.77. The average Bonchev–Trinajstić information content (AvgIpc) is 2.98. The van der Waals surface area contributed by atoms with Crippen LogP contribution in [0.5, 0.6) is 0 Å². The van der Waals surface area contributed by atoms with Crippen LogP contribution >= 0.6 is 0 Å². The fourth-order valence-electron chi connectivity index (χ4n) is 4.14. The van der Waals surface area contributed by atoms with E-state index in [1.165, 1.54) is 58.0 Å². The van der Waals surface area contributed by atoms with Crippen molar-refractivity contribution in [2.24, 2.45) is 11.8 Å². The summed E-state index contributed by atoms with van der Waals surface area (Å²) in [4.78, 5) is 2.53. The summed E-state index contributed by atoms with van der Waals surface area (Å²) in [7, 11) is 2.29. The number of rotatable bonds is 8. The molecule has 0 radical (unpaired) electrons. The van der Waals surface area contributed by atoms with Gasteiger partial charge in [0.2, 0.25) is 0 Å². The first-order chi connectivity index (χ1) is 10.2. The molecule has 1 aliphatic carbocycles. The third-order valence-corrected chi connectivity index (χ3v) is 5.41. The molecule has 1 saturated heterocycles. The van der Waals surface area contributed by atoms with E-state index in [9.17, 15) is 0 Å². The van der Waals surface area contributed by atoms with Gasteiger partial charge in [-0.3, -0.25) is 0 Å². The van der Waals surface area contributed by atoms with Gasteiger partial charge in [-0.05, 0) is 64.0 Å². The molecule has 3 heteroatoms. The number of hydrogen-bond acceptors (Lipinski definition) is 3. The Balaban J connectivity index is 1.81. The largest absolute Gasteiger partial charge is 0.377 e. The summed E-state index contributed by atoms with van der Waals surface area (Å²) < 4.78 is 5.79. The zero-order valence-electron chi connectivity index (χ0n) is 14.4. The first kappa shape index (κ1) is 17.2. The van der Waals surface area contributed by atoms with Crippen molar-refractivity contribution in [1.82, 2.24) is 10.2 Å². The lowest BCUT2D eigenvalue weighted by atomic mass is 9.76. The molecule has 1 N–H and O–H groups in total.